The van der Waals surface area contributed by atoms with Gasteiger partial charge in [0, 0.05) is 18.3 Å². The Morgan fingerprint density at radius 3 is 3.00 bits per heavy atom. The molecule has 1 N–H and O–H groups in total. The Bertz CT molecular complexity index is 321. The molecule has 0 spiro atoms. The first-order chi connectivity index (χ1) is 7.90. The molecule has 16 heavy (non-hydrogen) atoms. The van der Waals surface area contributed by atoms with Crippen LogP contribution in [0, 0.1) is 0 Å². The molecule has 0 amide bonds. The summed E-state index contributed by atoms with van der Waals surface area (Å²) in [4.78, 5) is 4.33. The lowest BCUT2D eigenvalue weighted by molar-refractivity contribution is 0.199. The Balaban J connectivity index is 2.00. The minimum absolute atomic E-state index is 0.385. The molecule has 0 bridgehead atoms. The SMILES string of the molecule is CCNCc1cccnc1OC1CCCC1. The minimum Gasteiger partial charge on any atom is -0.474 e. The Morgan fingerprint density at radius 2 is 2.25 bits per heavy atom. The summed E-state index contributed by atoms with van der Waals surface area (Å²) >= 11 is 0. The predicted octanol–water partition coefficient (Wildman–Crippen LogP) is 2.51. The summed E-state index contributed by atoms with van der Waals surface area (Å²) in [6.45, 7) is 3.91. The third kappa shape index (κ3) is 2.95. The Morgan fingerprint density at radius 1 is 1.44 bits per heavy atom. The highest BCUT2D eigenvalue weighted by molar-refractivity contribution is 5.25. The highest BCUT2D eigenvalue weighted by Gasteiger charge is 2.18. The lowest BCUT2D eigenvalue weighted by atomic mass is 10.2. The van der Waals surface area contributed by atoms with Crippen LogP contribution in [0.5, 0.6) is 5.88 Å². The van der Waals surface area contributed by atoms with E-state index in [1.165, 1.54) is 25.7 Å². The highest BCUT2D eigenvalue weighted by Crippen LogP contribution is 2.24. The second kappa shape index (κ2) is 5.85. The molecule has 0 aromatic carbocycles. The van der Waals surface area contributed by atoms with Crippen LogP contribution in [0.1, 0.15) is 38.2 Å². The van der Waals surface area contributed by atoms with E-state index in [9.17, 15) is 0 Å². The standard InChI is InChI=1S/C13H20N2O/c1-2-14-10-11-6-5-9-15-13(11)16-12-7-3-4-8-12/h5-6,9,12,14H,2-4,7-8,10H2,1H3. The number of hydrogen-bond acceptors (Lipinski definition) is 3. The number of nitrogens with zero attached hydrogens (tertiary/aromatic N) is 1. The van der Waals surface area contributed by atoms with E-state index in [2.05, 4.69) is 23.3 Å². The van der Waals surface area contributed by atoms with Crippen LogP contribution in [0.15, 0.2) is 18.3 Å². The molecule has 2 rings (SSSR count). The lowest BCUT2D eigenvalue weighted by Gasteiger charge is -2.15. The average molecular weight is 220 g/mol. The quantitative estimate of drug-likeness (QED) is 0.828. The molecule has 3 heteroatoms. The van der Waals surface area contributed by atoms with Crippen molar-refractivity contribution in [2.24, 2.45) is 0 Å². The van der Waals surface area contributed by atoms with Gasteiger partial charge in [-0.25, -0.2) is 4.98 Å². The second-order valence-corrected chi connectivity index (χ2v) is 4.27. The number of hydrogen-bond donors (Lipinski definition) is 1. The first-order valence-electron chi connectivity index (χ1n) is 6.21. The molecule has 0 saturated heterocycles. The van der Waals surface area contributed by atoms with Crippen LogP contribution in [0.3, 0.4) is 0 Å². The number of ether oxygens (including phenoxy) is 1. The second-order valence-electron chi connectivity index (χ2n) is 4.27. The van der Waals surface area contributed by atoms with E-state index in [1.54, 1.807) is 6.20 Å². The average Bonchev–Trinajstić information content (AvgIpc) is 2.81. The monoisotopic (exact) mass is 220 g/mol. The summed E-state index contributed by atoms with van der Waals surface area (Å²) in [6.07, 6.45) is 7.13. The smallest absolute Gasteiger partial charge is 0.218 e. The molecule has 1 heterocycles. The molecule has 0 unspecified atom stereocenters. The molecule has 1 aromatic heterocycles. The van der Waals surface area contributed by atoms with E-state index >= 15 is 0 Å². The zero-order chi connectivity index (χ0) is 11.2. The normalized spacial score (nSPS) is 16.6. The van der Waals surface area contributed by atoms with Crippen LogP contribution in [-0.4, -0.2) is 17.6 Å². The van der Waals surface area contributed by atoms with Gasteiger partial charge in [-0.05, 0) is 38.3 Å². The van der Waals surface area contributed by atoms with Crippen molar-refractivity contribution in [1.29, 1.82) is 0 Å². The van der Waals surface area contributed by atoms with Crippen LogP contribution in [-0.2, 0) is 6.54 Å². The zero-order valence-corrected chi connectivity index (χ0v) is 9.91. The minimum atomic E-state index is 0.385. The van der Waals surface area contributed by atoms with E-state index in [1.807, 2.05) is 6.07 Å². The van der Waals surface area contributed by atoms with Crippen LogP contribution in [0.2, 0.25) is 0 Å². The van der Waals surface area contributed by atoms with E-state index in [-0.39, 0.29) is 0 Å². The number of nitrogens with one attached hydrogen (secondary N) is 1. The fourth-order valence-electron chi connectivity index (χ4n) is 2.09. The molecule has 0 aliphatic heterocycles. The van der Waals surface area contributed by atoms with Gasteiger partial charge in [0.15, 0.2) is 0 Å². The molecular formula is C13H20N2O. The first-order valence-corrected chi connectivity index (χ1v) is 6.21. The summed E-state index contributed by atoms with van der Waals surface area (Å²) in [5.74, 6) is 0.815. The van der Waals surface area contributed by atoms with E-state index in [4.69, 9.17) is 4.74 Å². The van der Waals surface area contributed by atoms with Crippen molar-refractivity contribution in [3.05, 3.63) is 23.9 Å². The van der Waals surface area contributed by atoms with Crippen molar-refractivity contribution in [3.63, 3.8) is 0 Å². The molecular weight excluding hydrogens is 200 g/mol. The van der Waals surface area contributed by atoms with Crippen molar-refractivity contribution in [1.82, 2.24) is 10.3 Å². The topological polar surface area (TPSA) is 34.2 Å². The summed E-state index contributed by atoms with van der Waals surface area (Å²) in [7, 11) is 0. The molecule has 1 aliphatic rings. The fraction of sp³-hybridized carbons (Fsp3) is 0.615. The lowest BCUT2D eigenvalue weighted by Crippen LogP contribution is -2.17. The summed E-state index contributed by atoms with van der Waals surface area (Å²) in [5.41, 5.74) is 1.16. The highest BCUT2D eigenvalue weighted by atomic mass is 16.5. The maximum Gasteiger partial charge on any atom is 0.218 e. The maximum absolute atomic E-state index is 5.95. The summed E-state index contributed by atoms with van der Waals surface area (Å²) in [5, 5.41) is 3.31. The van der Waals surface area contributed by atoms with Crippen LogP contribution < -0.4 is 10.1 Å². The Kier molecular flexibility index (Phi) is 4.17. The molecule has 1 fully saturated rings. The summed E-state index contributed by atoms with van der Waals surface area (Å²) < 4.78 is 5.95. The van der Waals surface area contributed by atoms with Gasteiger partial charge in [-0.1, -0.05) is 13.0 Å². The molecule has 88 valence electrons. The van der Waals surface area contributed by atoms with Gasteiger partial charge in [-0.2, -0.15) is 0 Å². The van der Waals surface area contributed by atoms with Crippen LogP contribution in [0.25, 0.3) is 0 Å². The number of aromatic nitrogens is 1. The van der Waals surface area contributed by atoms with Gasteiger partial charge in [0.2, 0.25) is 5.88 Å². The third-order valence-corrected chi connectivity index (χ3v) is 3.00. The van der Waals surface area contributed by atoms with Crippen molar-refractivity contribution >= 4 is 0 Å². The third-order valence-electron chi connectivity index (χ3n) is 3.00. The molecule has 1 aliphatic carbocycles. The molecule has 1 saturated carbocycles. The molecule has 0 atom stereocenters. The summed E-state index contributed by atoms with van der Waals surface area (Å²) in [6, 6.07) is 4.05. The Hall–Kier alpha value is -1.09. The predicted molar refractivity (Wildman–Crippen MR) is 64.5 cm³/mol. The van der Waals surface area contributed by atoms with Crippen molar-refractivity contribution < 1.29 is 4.74 Å². The van der Waals surface area contributed by atoms with E-state index in [0.717, 1.165) is 24.5 Å². The molecule has 3 nitrogen and oxygen atoms in total. The van der Waals surface area contributed by atoms with Crippen LogP contribution >= 0.6 is 0 Å². The largest absolute Gasteiger partial charge is 0.474 e. The van der Waals surface area contributed by atoms with Gasteiger partial charge in [0.05, 0.1) is 0 Å². The van der Waals surface area contributed by atoms with E-state index in [0.29, 0.717) is 6.10 Å². The first kappa shape index (κ1) is 11.4. The van der Waals surface area contributed by atoms with Crippen molar-refractivity contribution in [2.45, 2.75) is 45.3 Å². The van der Waals surface area contributed by atoms with Gasteiger partial charge in [0.25, 0.3) is 0 Å². The van der Waals surface area contributed by atoms with Gasteiger partial charge in [-0.15, -0.1) is 0 Å². The van der Waals surface area contributed by atoms with Crippen LogP contribution in [0.4, 0.5) is 0 Å². The Labute approximate surface area is 97.2 Å². The van der Waals surface area contributed by atoms with Crippen molar-refractivity contribution in [2.75, 3.05) is 6.54 Å². The molecule has 1 aromatic rings. The van der Waals surface area contributed by atoms with E-state index < -0.39 is 0 Å². The number of rotatable bonds is 5. The van der Waals surface area contributed by atoms with Gasteiger partial charge < -0.3 is 10.1 Å². The fourth-order valence-corrected chi connectivity index (χ4v) is 2.09. The van der Waals surface area contributed by atoms with Gasteiger partial charge in [0.1, 0.15) is 6.10 Å². The van der Waals surface area contributed by atoms with Gasteiger partial charge in [-0.3, -0.25) is 0 Å². The molecule has 0 radical (unpaired) electrons. The number of pyridine rings is 1. The zero-order valence-electron chi connectivity index (χ0n) is 9.91. The van der Waals surface area contributed by atoms with Gasteiger partial charge >= 0.3 is 0 Å². The van der Waals surface area contributed by atoms with Crippen molar-refractivity contribution in [3.8, 4) is 5.88 Å². The maximum atomic E-state index is 5.95.